The minimum Gasteiger partial charge on any atom is -0.464 e. The largest absolute Gasteiger partial charge is 0.464 e. The van der Waals surface area contributed by atoms with Crippen molar-refractivity contribution in [3.63, 3.8) is 0 Å². The molecule has 2 aliphatic rings. The lowest BCUT2D eigenvalue weighted by molar-refractivity contribution is -0.247. The molecule has 31 heavy (non-hydrogen) atoms. The van der Waals surface area contributed by atoms with Gasteiger partial charge in [0, 0.05) is 10.8 Å². The van der Waals surface area contributed by atoms with Gasteiger partial charge in [0.05, 0.1) is 13.2 Å². The highest BCUT2D eigenvalue weighted by Crippen LogP contribution is 2.58. The van der Waals surface area contributed by atoms with Gasteiger partial charge in [-0.05, 0) is 63.5 Å². The lowest BCUT2D eigenvalue weighted by atomic mass is 9.56. The van der Waals surface area contributed by atoms with Crippen LogP contribution in [0.4, 0.5) is 0 Å². The molecule has 0 aliphatic heterocycles. The standard InChI is InChI=1S/C26H42O5/c1-11-29-21(27)25(19(5)15-13-17(3)23(25,7)8)31-26(22(28)30-12-2)20(6)16-14-18(4)24(26,9)10/h15-18H,11-14H2,1-10H3. The highest BCUT2D eigenvalue weighted by molar-refractivity contribution is 5.89. The molecule has 0 bridgehead atoms. The summed E-state index contributed by atoms with van der Waals surface area (Å²) in [6.07, 6.45) is 5.79. The molecule has 2 aliphatic carbocycles. The fourth-order valence-corrected chi connectivity index (χ4v) is 5.34. The van der Waals surface area contributed by atoms with E-state index in [2.05, 4.69) is 26.0 Å². The number of carbonyl (C=O) groups excluding carboxylic acids is 2. The fourth-order valence-electron chi connectivity index (χ4n) is 5.34. The van der Waals surface area contributed by atoms with Crippen LogP contribution in [0.3, 0.4) is 0 Å². The molecule has 0 N–H and O–H groups in total. The smallest absolute Gasteiger partial charge is 0.343 e. The SMILES string of the molecule is CCOC(=O)C1(OC2(C(=O)OCC)C(C)=CCC(C)C2(C)C)C(C)=CCC(C)C1(C)C. The topological polar surface area (TPSA) is 61.8 Å². The average molecular weight is 435 g/mol. The Hall–Kier alpha value is -1.62. The van der Waals surface area contributed by atoms with E-state index in [1.807, 2.05) is 41.5 Å². The second-order valence-corrected chi connectivity index (χ2v) is 10.4. The summed E-state index contributed by atoms with van der Waals surface area (Å²) in [5.41, 5.74) is -2.43. The number of allylic oxidation sites excluding steroid dienone is 2. The zero-order valence-electron chi connectivity index (χ0n) is 21.2. The fraction of sp³-hybridized carbons (Fsp3) is 0.769. The maximum absolute atomic E-state index is 13.7. The molecule has 4 atom stereocenters. The Morgan fingerprint density at radius 3 is 1.42 bits per heavy atom. The molecular formula is C26H42O5. The third kappa shape index (κ3) is 3.57. The number of rotatable bonds is 6. The van der Waals surface area contributed by atoms with Crippen LogP contribution in [0, 0.1) is 22.7 Å². The van der Waals surface area contributed by atoms with E-state index in [0.717, 1.165) is 24.0 Å². The predicted octanol–water partition coefficient (Wildman–Crippen LogP) is 5.63. The molecule has 0 aromatic carbocycles. The van der Waals surface area contributed by atoms with Crippen molar-refractivity contribution in [3.05, 3.63) is 23.3 Å². The Morgan fingerprint density at radius 2 is 1.13 bits per heavy atom. The lowest BCUT2D eigenvalue weighted by Gasteiger charge is -2.58. The Bertz CT molecular complexity index is 711. The normalized spacial score (nSPS) is 34.4. The van der Waals surface area contributed by atoms with Crippen LogP contribution in [-0.4, -0.2) is 36.4 Å². The number of hydrogen-bond donors (Lipinski definition) is 0. The van der Waals surface area contributed by atoms with E-state index in [9.17, 15) is 9.59 Å². The van der Waals surface area contributed by atoms with Crippen molar-refractivity contribution in [3.8, 4) is 0 Å². The van der Waals surface area contributed by atoms with Crippen LogP contribution >= 0.6 is 0 Å². The summed E-state index contributed by atoms with van der Waals surface area (Å²) < 4.78 is 18.3. The monoisotopic (exact) mass is 434 g/mol. The van der Waals surface area contributed by atoms with Crippen molar-refractivity contribution in [1.82, 2.24) is 0 Å². The van der Waals surface area contributed by atoms with Crippen molar-refractivity contribution in [2.24, 2.45) is 22.7 Å². The summed E-state index contributed by atoms with van der Waals surface area (Å²) in [5, 5.41) is 0. The minimum absolute atomic E-state index is 0.147. The molecular weight excluding hydrogens is 392 g/mol. The summed E-state index contributed by atoms with van der Waals surface area (Å²) in [7, 11) is 0. The molecule has 176 valence electrons. The summed E-state index contributed by atoms with van der Waals surface area (Å²) in [6.45, 7) is 20.3. The van der Waals surface area contributed by atoms with Crippen molar-refractivity contribution in [2.45, 2.75) is 93.3 Å². The average Bonchev–Trinajstić information content (AvgIpc) is 2.68. The van der Waals surface area contributed by atoms with Gasteiger partial charge in [0.2, 0.25) is 0 Å². The van der Waals surface area contributed by atoms with Crippen LogP contribution in [0.2, 0.25) is 0 Å². The predicted molar refractivity (Wildman–Crippen MR) is 122 cm³/mol. The van der Waals surface area contributed by atoms with E-state index < -0.39 is 34.0 Å². The van der Waals surface area contributed by atoms with Gasteiger partial charge in [-0.3, -0.25) is 0 Å². The van der Waals surface area contributed by atoms with Crippen molar-refractivity contribution in [2.75, 3.05) is 13.2 Å². The number of ether oxygens (including phenoxy) is 3. The minimum atomic E-state index is -1.41. The molecule has 0 spiro atoms. The van der Waals surface area contributed by atoms with Crippen molar-refractivity contribution >= 4 is 11.9 Å². The van der Waals surface area contributed by atoms with Gasteiger partial charge in [-0.15, -0.1) is 0 Å². The van der Waals surface area contributed by atoms with Crippen molar-refractivity contribution < 1.29 is 23.8 Å². The molecule has 0 radical (unpaired) electrons. The van der Waals surface area contributed by atoms with Gasteiger partial charge in [-0.25, -0.2) is 9.59 Å². The van der Waals surface area contributed by atoms with Gasteiger partial charge >= 0.3 is 11.9 Å². The molecule has 4 unspecified atom stereocenters. The lowest BCUT2D eigenvalue weighted by Crippen LogP contribution is -2.69. The molecule has 0 heterocycles. The van der Waals surface area contributed by atoms with Gasteiger partial charge in [-0.1, -0.05) is 53.7 Å². The summed E-state index contributed by atoms with van der Waals surface area (Å²) in [5.74, 6) is -0.585. The number of carbonyl (C=O) groups is 2. The van der Waals surface area contributed by atoms with Gasteiger partial charge < -0.3 is 14.2 Å². The van der Waals surface area contributed by atoms with Crippen molar-refractivity contribution in [1.29, 1.82) is 0 Å². The molecule has 5 nitrogen and oxygen atoms in total. The van der Waals surface area contributed by atoms with Gasteiger partial charge in [0.15, 0.2) is 11.2 Å². The van der Waals surface area contributed by atoms with E-state index in [1.54, 1.807) is 13.8 Å². The van der Waals surface area contributed by atoms with Gasteiger partial charge in [-0.2, -0.15) is 0 Å². The first-order valence-corrected chi connectivity index (χ1v) is 11.7. The third-order valence-electron chi connectivity index (χ3n) is 8.38. The highest BCUT2D eigenvalue weighted by atomic mass is 16.6. The van der Waals surface area contributed by atoms with Crippen LogP contribution in [0.15, 0.2) is 23.3 Å². The number of hydrogen-bond acceptors (Lipinski definition) is 5. The Balaban J connectivity index is 2.88. The first-order chi connectivity index (χ1) is 14.3. The van der Waals surface area contributed by atoms with E-state index in [-0.39, 0.29) is 25.0 Å². The zero-order chi connectivity index (χ0) is 23.8. The molecule has 5 heteroatoms. The van der Waals surface area contributed by atoms with E-state index in [0.29, 0.717) is 0 Å². The first-order valence-electron chi connectivity index (χ1n) is 11.7. The summed E-state index contributed by atoms with van der Waals surface area (Å²) >= 11 is 0. The molecule has 2 rings (SSSR count). The third-order valence-corrected chi connectivity index (χ3v) is 8.38. The van der Waals surface area contributed by atoms with Crippen LogP contribution in [0.5, 0.6) is 0 Å². The van der Waals surface area contributed by atoms with Crippen LogP contribution in [0.1, 0.15) is 82.1 Å². The molecule has 0 fully saturated rings. The number of esters is 2. The van der Waals surface area contributed by atoms with Gasteiger partial charge in [0.25, 0.3) is 0 Å². The quantitative estimate of drug-likeness (QED) is 0.400. The highest BCUT2D eigenvalue weighted by Gasteiger charge is 2.68. The van der Waals surface area contributed by atoms with E-state index >= 15 is 0 Å². The Kier molecular flexibility index (Phi) is 7.22. The van der Waals surface area contributed by atoms with Crippen LogP contribution in [-0.2, 0) is 23.8 Å². The van der Waals surface area contributed by atoms with E-state index in [1.165, 1.54) is 0 Å². The Labute approximate surface area is 188 Å². The summed E-state index contributed by atoms with van der Waals surface area (Å²) in [4.78, 5) is 27.5. The van der Waals surface area contributed by atoms with E-state index in [4.69, 9.17) is 14.2 Å². The Morgan fingerprint density at radius 1 is 0.806 bits per heavy atom. The second kappa shape index (κ2) is 8.73. The maximum atomic E-state index is 13.7. The zero-order valence-corrected chi connectivity index (χ0v) is 21.2. The van der Waals surface area contributed by atoms with Crippen LogP contribution in [0.25, 0.3) is 0 Å². The molecule has 0 saturated heterocycles. The second-order valence-electron chi connectivity index (χ2n) is 10.4. The molecule has 0 saturated carbocycles. The maximum Gasteiger partial charge on any atom is 0.343 e. The molecule has 0 aromatic rings. The van der Waals surface area contributed by atoms with Gasteiger partial charge in [0.1, 0.15) is 0 Å². The summed E-state index contributed by atoms with van der Waals surface area (Å²) in [6, 6.07) is 0. The van der Waals surface area contributed by atoms with Crippen LogP contribution < -0.4 is 0 Å². The molecule has 0 aromatic heterocycles. The first kappa shape index (κ1) is 25.6. The molecule has 0 amide bonds.